The van der Waals surface area contributed by atoms with Gasteiger partial charge in [0.15, 0.2) is 5.78 Å². The maximum atomic E-state index is 13.0. The second kappa shape index (κ2) is 6.97. The van der Waals surface area contributed by atoms with E-state index in [0.29, 0.717) is 31.5 Å². The molecule has 2 aliphatic rings. The molecule has 2 aromatic rings. The van der Waals surface area contributed by atoms with Crippen molar-refractivity contribution in [1.82, 2.24) is 14.9 Å². The van der Waals surface area contributed by atoms with Crippen LogP contribution in [0.3, 0.4) is 0 Å². The molecule has 0 atom stereocenters. The molecule has 0 spiro atoms. The van der Waals surface area contributed by atoms with Gasteiger partial charge in [-0.05, 0) is 17.6 Å². The van der Waals surface area contributed by atoms with Crippen LogP contribution in [0.1, 0.15) is 62.7 Å². The highest BCUT2D eigenvalue weighted by Gasteiger charge is 2.31. The Labute approximate surface area is 165 Å². The zero-order chi connectivity index (χ0) is 19.9. The van der Waals surface area contributed by atoms with E-state index in [1.54, 1.807) is 4.90 Å². The number of carbonyl (C=O) groups excluding carboxylic acids is 2. The van der Waals surface area contributed by atoms with Gasteiger partial charge in [-0.15, -0.1) is 0 Å². The Balaban J connectivity index is 1.53. The van der Waals surface area contributed by atoms with E-state index in [4.69, 9.17) is 0 Å². The van der Waals surface area contributed by atoms with Crippen LogP contribution in [0.25, 0.3) is 5.57 Å². The molecule has 5 nitrogen and oxygen atoms in total. The minimum atomic E-state index is -0.127. The summed E-state index contributed by atoms with van der Waals surface area (Å²) in [5.74, 6) is 0.869. The van der Waals surface area contributed by atoms with E-state index < -0.39 is 0 Å². The van der Waals surface area contributed by atoms with Crippen molar-refractivity contribution < 1.29 is 9.59 Å². The van der Waals surface area contributed by atoms with Crippen LogP contribution in [0.15, 0.2) is 42.1 Å². The maximum absolute atomic E-state index is 13.0. The van der Waals surface area contributed by atoms with Crippen molar-refractivity contribution in [2.24, 2.45) is 0 Å². The van der Waals surface area contributed by atoms with E-state index in [0.717, 1.165) is 28.2 Å². The molecule has 144 valence electrons. The van der Waals surface area contributed by atoms with E-state index in [1.807, 2.05) is 36.5 Å². The molecule has 1 aromatic carbocycles. The van der Waals surface area contributed by atoms with Gasteiger partial charge < -0.3 is 4.90 Å². The fourth-order valence-electron chi connectivity index (χ4n) is 3.83. The van der Waals surface area contributed by atoms with Crippen molar-refractivity contribution in [3.05, 3.63) is 64.7 Å². The van der Waals surface area contributed by atoms with Gasteiger partial charge >= 0.3 is 0 Å². The summed E-state index contributed by atoms with van der Waals surface area (Å²) in [5.41, 5.74) is 4.53. The number of Topliss-reactive ketones (excluding diaryl/α,β-unsaturated/α-hetero) is 1. The zero-order valence-electron chi connectivity index (χ0n) is 16.7. The molecule has 0 fully saturated rings. The third-order valence-electron chi connectivity index (χ3n) is 5.43. The Bertz CT molecular complexity index is 971. The number of amides is 1. The number of rotatable bonds is 3. The lowest BCUT2D eigenvalue weighted by molar-refractivity contribution is -0.131. The molecule has 0 radical (unpaired) electrons. The molecule has 0 saturated carbocycles. The number of carbonyl (C=O) groups is 2. The van der Waals surface area contributed by atoms with E-state index in [-0.39, 0.29) is 23.5 Å². The van der Waals surface area contributed by atoms with Crippen molar-refractivity contribution in [3.63, 3.8) is 0 Å². The first kappa shape index (κ1) is 18.5. The zero-order valence-corrected chi connectivity index (χ0v) is 16.7. The highest BCUT2D eigenvalue weighted by molar-refractivity contribution is 6.10. The van der Waals surface area contributed by atoms with Crippen molar-refractivity contribution in [1.29, 1.82) is 0 Å². The van der Waals surface area contributed by atoms with E-state index in [9.17, 15) is 9.59 Å². The number of hydrogen-bond donors (Lipinski definition) is 0. The van der Waals surface area contributed by atoms with Crippen molar-refractivity contribution >= 4 is 17.3 Å². The summed E-state index contributed by atoms with van der Waals surface area (Å²) < 4.78 is 0. The minimum Gasteiger partial charge on any atom is -0.332 e. The smallest absolute Gasteiger partial charge is 0.227 e. The van der Waals surface area contributed by atoms with E-state index in [1.165, 1.54) is 0 Å². The highest BCUT2D eigenvalue weighted by atomic mass is 16.2. The van der Waals surface area contributed by atoms with E-state index in [2.05, 4.69) is 30.7 Å². The average Bonchev–Trinajstić information content (AvgIpc) is 3.25. The molecule has 4 rings (SSSR count). The van der Waals surface area contributed by atoms with Crippen LogP contribution in [0.2, 0.25) is 0 Å². The third-order valence-corrected chi connectivity index (χ3v) is 5.43. The Morgan fingerprint density at radius 1 is 1.11 bits per heavy atom. The highest BCUT2D eigenvalue weighted by Crippen LogP contribution is 2.34. The number of ketones is 1. The Kier molecular flexibility index (Phi) is 4.61. The van der Waals surface area contributed by atoms with E-state index >= 15 is 0 Å². The monoisotopic (exact) mass is 375 g/mol. The summed E-state index contributed by atoms with van der Waals surface area (Å²) in [6.45, 7) is 7.24. The first-order chi connectivity index (χ1) is 13.3. The Hall–Kier alpha value is -2.82. The molecule has 0 N–H and O–H groups in total. The summed E-state index contributed by atoms with van der Waals surface area (Å²) in [7, 11) is 0. The first-order valence-electron chi connectivity index (χ1n) is 9.76. The van der Waals surface area contributed by atoms with Gasteiger partial charge in [0.05, 0.1) is 18.7 Å². The molecule has 0 unspecified atom stereocenters. The van der Waals surface area contributed by atoms with Gasteiger partial charge in [0.25, 0.3) is 0 Å². The lowest BCUT2D eigenvalue weighted by Gasteiger charge is -2.17. The molecule has 0 bridgehead atoms. The topological polar surface area (TPSA) is 63.2 Å². The summed E-state index contributed by atoms with van der Waals surface area (Å²) in [6, 6.07) is 9.90. The normalized spacial score (nSPS) is 16.7. The standard InChI is InChI=1S/C23H25N3O2/c1-23(2,3)22-24-12-16-13-26(14-19(16)25-22)21(28)11-18-17(9-10-20(18)27)15-7-5-4-6-8-15/h4-8,12H,9-11,13-14H2,1-3H3. The fourth-order valence-corrected chi connectivity index (χ4v) is 3.83. The second-order valence-corrected chi connectivity index (χ2v) is 8.59. The SMILES string of the molecule is CC(C)(C)c1ncc2c(n1)CN(C(=O)CC1=C(c3ccccc3)CCC1=O)C2. The van der Waals surface area contributed by atoms with Gasteiger partial charge in [-0.1, -0.05) is 51.1 Å². The summed E-state index contributed by atoms with van der Waals surface area (Å²) in [6.07, 6.45) is 3.21. The van der Waals surface area contributed by atoms with Crippen LogP contribution < -0.4 is 0 Å². The molecular formula is C23H25N3O2. The van der Waals surface area contributed by atoms with Crippen LogP contribution in [0.4, 0.5) is 0 Å². The Morgan fingerprint density at radius 2 is 1.86 bits per heavy atom. The lowest BCUT2D eigenvalue weighted by atomic mass is 9.95. The van der Waals surface area contributed by atoms with Crippen LogP contribution in [0.5, 0.6) is 0 Å². The molecule has 1 aliphatic heterocycles. The van der Waals surface area contributed by atoms with Crippen LogP contribution in [0, 0.1) is 0 Å². The molecule has 5 heteroatoms. The molecule has 28 heavy (non-hydrogen) atoms. The number of fused-ring (bicyclic) bond motifs is 1. The van der Waals surface area contributed by atoms with Gasteiger partial charge in [-0.25, -0.2) is 9.97 Å². The average molecular weight is 375 g/mol. The largest absolute Gasteiger partial charge is 0.332 e. The summed E-state index contributed by atoms with van der Waals surface area (Å²) in [4.78, 5) is 36.3. The van der Waals surface area contributed by atoms with Gasteiger partial charge in [0.2, 0.25) is 5.91 Å². The number of allylic oxidation sites excluding steroid dienone is 1. The minimum absolute atomic E-state index is 0.0195. The first-order valence-corrected chi connectivity index (χ1v) is 9.76. The number of nitrogens with zero attached hydrogens (tertiary/aromatic N) is 3. The molecule has 1 aliphatic carbocycles. The van der Waals surface area contributed by atoms with Crippen LogP contribution in [-0.2, 0) is 28.1 Å². The Morgan fingerprint density at radius 3 is 2.57 bits per heavy atom. The van der Waals surface area contributed by atoms with Crippen LogP contribution in [-0.4, -0.2) is 26.6 Å². The number of aromatic nitrogens is 2. The van der Waals surface area contributed by atoms with Crippen molar-refractivity contribution in [2.45, 2.75) is 58.5 Å². The summed E-state index contributed by atoms with van der Waals surface area (Å²) >= 11 is 0. The summed E-state index contributed by atoms with van der Waals surface area (Å²) in [5, 5.41) is 0. The molecule has 0 saturated heterocycles. The van der Waals surface area contributed by atoms with Crippen molar-refractivity contribution in [3.8, 4) is 0 Å². The van der Waals surface area contributed by atoms with Crippen molar-refractivity contribution in [2.75, 3.05) is 0 Å². The number of hydrogen-bond acceptors (Lipinski definition) is 4. The van der Waals surface area contributed by atoms with Crippen LogP contribution >= 0.6 is 0 Å². The maximum Gasteiger partial charge on any atom is 0.227 e. The fraction of sp³-hybridized carbons (Fsp3) is 0.391. The molecular weight excluding hydrogens is 350 g/mol. The van der Waals surface area contributed by atoms with Gasteiger partial charge in [-0.2, -0.15) is 0 Å². The van der Waals surface area contributed by atoms with Gasteiger partial charge in [-0.3, -0.25) is 9.59 Å². The van der Waals surface area contributed by atoms with Gasteiger partial charge in [0.1, 0.15) is 5.82 Å². The number of benzene rings is 1. The predicted molar refractivity (Wildman–Crippen MR) is 107 cm³/mol. The van der Waals surface area contributed by atoms with Gasteiger partial charge in [0, 0.05) is 35.7 Å². The second-order valence-electron chi connectivity index (χ2n) is 8.59. The molecule has 1 aromatic heterocycles. The quantitative estimate of drug-likeness (QED) is 0.818. The molecule has 1 amide bonds. The predicted octanol–water partition coefficient (Wildman–Crippen LogP) is 3.82. The lowest BCUT2D eigenvalue weighted by Crippen LogP contribution is -2.26. The third kappa shape index (κ3) is 3.49. The molecule has 2 heterocycles.